The predicted octanol–water partition coefficient (Wildman–Crippen LogP) is 1.91. The summed E-state index contributed by atoms with van der Waals surface area (Å²) in [4.78, 5) is 19.8. The highest BCUT2D eigenvalue weighted by Crippen LogP contribution is 2.31. The molecule has 0 saturated carbocycles. The second kappa shape index (κ2) is 4.74. The van der Waals surface area contributed by atoms with Gasteiger partial charge in [-0.2, -0.15) is 0 Å². The van der Waals surface area contributed by atoms with Gasteiger partial charge in [0.1, 0.15) is 10.7 Å². The minimum absolute atomic E-state index is 0.245. The third-order valence-corrected chi connectivity index (χ3v) is 2.57. The summed E-state index contributed by atoms with van der Waals surface area (Å²) in [6, 6.07) is 3.39. The van der Waals surface area contributed by atoms with Gasteiger partial charge < -0.3 is 5.11 Å². The van der Waals surface area contributed by atoms with Crippen LogP contribution < -0.4 is 0 Å². The van der Waals surface area contributed by atoms with E-state index in [9.17, 15) is 19.3 Å². The van der Waals surface area contributed by atoms with Crippen LogP contribution in [0.2, 0.25) is 0 Å². The fourth-order valence-corrected chi connectivity index (χ4v) is 1.68. The first kappa shape index (κ1) is 11.4. The molecule has 0 spiro atoms. The zero-order valence-electron chi connectivity index (χ0n) is 7.34. The van der Waals surface area contributed by atoms with E-state index in [0.29, 0.717) is 11.8 Å². The van der Waals surface area contributed by atoms with Crippen molar-refractivity contribution >= 4 is 23.4 Å². The third-order valence-electron chi connectivity index (χ3n) is 1.48. The Balaban J connectivity index is 3.02. The van der Waals surface area contributed by atoms with Crippen molar-refractivity contribution in [2.75, 3.05) is 5.75 Å². The quantitative estimate of drug-likeness (QED) is 0.486. The summed E-state index contributed by atoms with van der Waals surface area (Å²) in [6.45, 7) is 0. The number of carboxylic acids is 1. The topological polar surface area (TPSA) is 80.4 Å². The molecule has 1 rings (SSSR count). The Morgan fingerprint density at radius 1 is 1.60 bits per heavy atom. The Morgan fingerprint density at radius 2 is 2.27 bits per heavy atom. The van der Waals surface area contributed by atoms with Crippen molar-refractivity contribution in [2.45, 2.75) is 4.90 Å². The molecule has 15 heavy (non-hydrogen) atoms. The SMILES string of the molecule is O=C(O)CSc1c(F)cccc1[N+](=O)[O-]. The smallest absolute Gasteiger partial charge is 0.313 e. The number of benzene rings is 1. The fraction of sp³-hybridized carbons (Fsp3) is 0.125. The Labute approximate surface area is 88.1 Å². The Bertz CT molecular complexity index is 410. The highest BCUT2D eigenvalue weighted by molar-refractivity contribution is 8.00. The largest absolute Gasteiger partial charge is 0.481 e. The average molecular weight is 231 g/mol. The molecule has 0 amide bonds. The molecule has 80 valence electrons. The lowest BCUT2D eigenvalue weighted by Crippen LogP contribution is -2.00. The zero-order chi connectivity index (χ0) is 11.4. The van der Waals surface area contributed by atoms with E-state index in [2.05, 4.69) is 0 Å². The van der Waals surface area contributed by atoms with Gasteiger partial charge in [0.2, 0.25) is 0 Å². The van der Waals surface area contributed by atoms with Crippen LogP contribution in [0.4, 0.5) is 10.1 Å². The summed E-state index contributed by atoms with van der Waals surface area (Å²) in [5.74, 6) is -2.35. The van der Waals surface area contributed by atoms with Crippen LogP contribution in [0.15, 0.2) is 23.1 Å². The van der Waals surface area contributed by atoms with Crippen molar-refractivity contribution < 1.29 is 19.2 Å². The number of rotatable bonds is 4. The van der Waals surface area contributed by atoms with Crippen molar-refractivity contribution in [3.05, 3.63) is 34.1 Å². The molecule has 0 aromatic heterocycles. The van der Waals surface area contributed by atoms with E-state index in [1.54, 1.807) is 0 Å². The molecule has 1 N–H and O–H groups in total. The first-order valence-corrected chi connectivity index (χ1v) is 4.78. The van der Waals surface area contributed by atoms with Gasteiger partial charge in [0.15, 0.2) is 0 Å². The molecule has 0 aliphatic heterocycles. The zero-order valence-corrected chi connectivity index (χ0v) is 8.16. The standard InChI is InChI=1S/C8H6FNO4S/c9-5-2-1-3-6(10(13)14)8(5)15-4-7(11)12/h1-3H,4H2,(H,11,12). The number of nitrogens with zero attached hydrogens (tertiary/aromatic N) is 1. The van der Waals surface area contributed by atoms with E-state index >= 15 is 0 Å². The summed E-state index contributed by atoms with van der Waals surface area (Å²) in [7, 11) is 0. The number of hydrogen-bond acceptors (Lipinski definition) is 4. The third kappa shape index (κ3) is 2.91. The molecule has 0 bridgehead atoms. The Hall–Kier alpha value is -1.63. The lowest BCUT2D eigenvalue weighted by atomic mass is 10.3. The molecule has 0 atom stereocenters. The number of nitro groups is 1. The highest BCUT2D eigenvalue weighted by atomic mass is 32.2. The van der Waals surface area contributed by atoms with Crippen molar-refractivity contribution in [3.8, 4) is 0 Å². The van der Waals surface area contributed by atoms with Crippen molar-refractivity contribution in [1.29, 1.82) is 0 Å². The summed E-state index contributed by atoms with van der Waals surface area (Å²) >= 11 is 0.594. The number of carbonyl (C=O) groups is 1. The molecule has 0 heterocycles. The second-order valence-corrected chi connectivity index (χ2v) is 3.51. The van der Waals surface area contributed by atoms with E-state index in [4.69, 9.17) is 5.11 Å². The van der Waals surface area contributed by atoms with Crippen LogP contribution in [0.5, 0.6) is 0 Å². The van der Waals surface area contributed by atoms with Crippen LogP contribution in [-0.2, 0) is 4.79 Å². The molecule has 0 saturated heterocycles. The maximum atomic E-state index is 13.1. The molecule has 1 aromatic carbocycles. The first-order chi connectivity index (χ1) is 7.02. The lowest BCUT2D eigenvalue weighted by Gasteiger charge is -2.01. The van der Waals surface area contributed by atoms with Crippen LogP contribution in [0.25, 0.3) is 0 Å². The Morgan fingerprint density at radius 3 is 2.80 bits per heavy atom. The molecule has 0 aliphatic carbocycles. The number of halogens is 1. The van der Waals surface area contributed by atoms with Gasteiger partial charge in [-0.25, -0.2) is 4.39 Å². The molecule has 0 unspecified atom stereocenters. The van der Waals surface area contributed by atoms with Gasteiger partial charge >= 0.3 is 5.97 Å². The van der Waals surface area contributed by atoms with Crippen molar-refractivity contribution in [2.24, 2.45) is 0 Å². The van der Waals surface area contributed by atoms with Crippen LogP contribution >= 0.6 is 11.8 Å². The minimum atomic E-state index is -1.16. The highest BCUT2D eigenvalue weighted by Gasteiger charge is 2.18. The van der Waals surface area contributed by atoms with E-state index in [-0.39, 0.29) is 4.90 Å². The van der Waals surface area contributed by atoms with Gasteiger partial charge in [-0.3, -0.25) is 14.9 Å². The van der Waals surface area contributed by atoms with Crippen LogP contribution in [0, 0.1) is 15.9 Å². The number of hydrogen-bond donors (Lipinski definition) is 1. The lowest BCUT2D eigenvalue weighted by molar-refractivity contribution is -0.388. The molecular formula is C8H6FNO4S. The van der Waals surface area contributed by atoms with Gasteiger partial charge in [0.05, 0.1) is 10.7 Å². The van der Waals surface area contributed by atoms with Gasteiger partial charge in [0.25, 0.3) is 5.69 Å². The molecule has 0 aliphatic rings. The average Bonchev–Trinajstić information content (AvgIpc) is 2.15. The first-order valence-electron chi connectivity index (χ1n) is 3.80. The monoisotopic (exact) mass is 231 g/mol. The van der Waals surface area contributed by atoms with Gasteiger partial charge in [0, 0.05) is 6.07 Å². The summed E-state index contributed by atoms with van der Waals surface area (Å²) < 4.78 is 13.1. The number of carboxylic acid groups (broad SMARTS) is 1. The second-order valence-electron chi connectivity index (χ2n) is 2.53. The summed E-state index contributed by atoms with van der Waals surface area (Å²) in [6.07, 6.45) is 0. The molecule has 1 aromatic rings. The number of thioether (sulfide) groups is 1. The normalized spacial score (nSPS) is 9.93. The Kier molecular flexibility index (Phi) is 3.62. The van der Waals surface area contributed by atoms with Gasteiger partial charge in [-0.15, -0.1) is 11.8 Å². The summed E-state index contributed by atoms with van der Waals surface area (Å²) in [5.41, 5.74) is -0.416. The van der Waals surface area contributed by atoms with Crippen LogP contribution in [0.3, 0.4) is 0 Å². The number of aliphatic carboxylic acids is 1. The molecule has 5 nitrogen and oxygen atoms in total. The van der Waals surface area contributed by atoms with Crippen LogP contribution in [-0.4, -0.2) is 21.8 Å². The van der Waals surface area contributed by atoms with Gasteiger partial charge in [-0.05, 0) is 6.07 Å². The van der Waals surface area contributed by atoms with Gasteiger partial charge in [-0.1, -0.05) is 6.07 Å². The minimum Gasteiger partial charge on any atom is -0.481 e. The van der Waals surface area contributed by atoms with E-state index in [1.807, 2.05) is 0 Å². The maximum Gasteiger partial charge on any atom is 0.313 e. The van der Waals surface area contributed by atoms with E-state index in [0.717, 1.165) is 12.1 Å². The molecular weight excluding hydrogens is 225 g/mol. The number of nitro benzene ring substituents is 1. The molecule has 0 fully saturated rings. The molecule has 0 radical (unpaired) electrons. The molecule has 7 heteroatoms. The summed E-state index contributed by atoms with van der Waals surface area (Å²) in [5, 5.41) is 18.9. The van der Waals surface area contributed by atoms with Crippen LogP contribution in [0.1, 0.15) is 0 Å². The van der Waals surface area contributed by atoms with E-state index in [1.165, 1.54) is 6.07 Å². The fourth-order valence-electron chi connectivity index (χ4n) is 0.918. The van der Waals surface area contributed by atoms with E-state index < -0.39 is 28.2 Å². The maximum absolute atomic E-state index is 13.1. The van der Waals surface area contributed by atoms with Crippen molar-refractivity contribution in [1.82, 2.24) is 0 Å². The predicted molar refractivity (Wildman–Crippen MR) is 51.4 cm³/mol. The van der Waals surface area contributed by atoms with Crippen molar-refractivity contribution in [3.63, 3.8) is 0 Å².